The molecule has 0 saturated heterocycles. The summed E-state index contributed by atoms with van der Waals surface area (Å²) in [6, 6.07) is 25.6. The highest BCUT2D eigenvalue weighted by atomic mass is 33.1. The number of pyridine rings is 1. The Morgan fingerprint density at radius 2 is 1.68 bits per heavy atom. The fourth-order valence-corrected chi connectivity index (χ4v) is 3.97. The first-order chi connectivity index (χ1) is 13.8. The molecule has 0 aliphatic rings. The fraction of sp³-hybridized carbons (Fsp3) is 0.125. The normalized spacial score (nSPS) is 11.5. The third-order valence-corrected chi connectivity index (χ3v) is 5.81. The van der Waals surface area contributed by atoms with Gasteiger partial charge in [-0.2, -0.15) is 4.57 Å². The Hall–Kier alpha value is -2.43. The standard InChI is InChI=1S/C24H21NOS2/c1-26-23-13-10-20-16-18(6-8-21(20)17-23)7-11-22-12-9-19-4-2-3-5-24(19)25(22)14-15-28-27/h2-13,16-17H,14-15H2,1H3/p+1/b11-7+. The lowest BCUT2D eigenvalue weighted by molar-refractivity contribution is -0.668. The Labute approximate surface area is 174 Å². The average molecular weight is 405 g/mol. The third kappa shape index (κ3) is 4.03. The lowest BCUT2D eigenvalue weighted by Crippen LogP contribution is -2.38. The van der Waals surface area contributed by atoms with E-state index in [4.69, 9.17) is 4.74 Å². The van der Waals surface area contributed by atoms with Gasteiger partial charge in [-0.05, 0) is 52.7 Å². The van der Waals surface area contributed by atoms with E-state index in [-0.39, 0.29) is 0 Å². The van der Waals surface area contributed by atoms with Crippen LogP contribution >= 0.6 is 22.5 Å². The van der Waals surface area contributed by atoms with E-state index in [0.29, 0.717) is 0 Å². The van der Waals surface area contributed by atoms with Crippen molar-refractivity contribution in [2.75, 3.05) is 12.9 Å². The molecule has 0 N–H and O–H groups in total. The van der Waals surface area contributed by atoms with Crippen LogP contribution in [0.4, 0.5) is 0 Å². The Morgan fingerprint density at radius 1 is 0.893 bits per heavy atom. The van der Waals surface area contributed by atoms with E-state index in [9.17, 15) is 0 Å². The molecule has 0 aliphatic carbocycles. The monoisotopic (exact) mass is 404 g/mol. The zero-order valence-electron chi connectivity index (χ0n) is 15.7. The van der Waals surface area contributed by atoms with Crippen LogP contribution in [-0.2, 0) is 6.54 Å². The molecular weight excluding hydrogens is 382 g/mol. The van der Waals surface area contributed by atoms with E-state index in [2.05, 4.69) is 95.1 Å². The maximum Gasteiger partial charge on any atom is 0.212 e. The van der Waals surface area contributed by atoms with Gasteiger partial charge >= 0.3 is 0 Å². The number of ether oxygens (including phenoxy) is 1. The van der Waals surface area contributed by atoms with Crippen LogP contribution in [0.1, 0.15) is 11.3 Å². The van der Waals surface area contributed by atoms with Gasteiger partial charge in [0.1, 0.15) is 5.75 Å². The molecule has 0 saturated carbocycles. The summed E-state index contributed by atoms with van der Waals surface area (Å²) in [5.74, 6) is 1.84. The van der Waals surface area contributed by atoms with Crippen molar-refractivity contribution in [2.45, 2.75) is 6.54 Å². The number of methoxy groups -OCH3 is 1. The Kier molecular flexibility index (Phi) is 5.89. The highest BCUT2D eigenvalue weighted by molar-refractivity contribution is 8.68. The molecule has 0 amide bonds. The summed E-state index contributed by atoms with van der Waals surface area (Å²) in [5.41, 5.74) is 3.62. The first-order valence-corrected chi connectivity index (χ1v) is 11.3. The summed E-state index contributed by atoms with van der Waals surface area (Å²) in [5, 5.41) is 3.65. The number of benzene rings is 3. The van der Waals surface area contributed by atoms with Crippen molar-refractivity contribution in [2.24, 2.45) is 0 Å². The van der Waals surface area contributed by atoms with Gasteiger partial charge in [-0.1, -0.05) is 41.1 Å². The number of nitrogens with zero attached hydrogens (tertiary/aromatic N) is 1. The predicted molar refractivity (Wildman–Crippen MR) is 125 cm³/mol. The molecule has 0 aliphatic heterocycles. The second kappa shape index (κ2) is 8.72. The van der Waals surface area contributed by atoms with E-state index < -0.39 is 0 Å². The predicted octanol–water partition coefficient (Wildman–Crippen LogP) is 6.04. The molecule has 1 heterocycles. The van der Waals surface area contributed by atoms with E-state index in [1.165, 1.54) is 32.9 Å². The Balaban J connectivity index is 1.70. The minimum Gasteiger partial charge on any atom is -0.497 e. The Bertz CT molecular complexity index is 1150. The summed E-state index contributed by atoms with van der Waals surface area (Å²) >= 11 is 4.31. The number of fused-ring (bicyclic) bond motifs is 2. The molecule has 0 radical (unpaired) electrons. The second-order valence-electron chi connectivity index (χ2n) is 6.61. The number of hydrogen-bond acceptors (Lipinski definition) is 3. The van der Waals surface area contributed by atoms with Crippen LogP contribution in [0.15, 0.2) is 72.8 Å². The highest BCUT2D eigenvalue weighted by Gasteiger charge is 2.13. The smallest absolute Gasteiger partial charge is 0.212 e. The van der Waals surface area contributed by atoms with Gasteiger partial charge in [-0.15, -0.1) is 11.7 Å². The van der Waals surface area contributed by atoms with Crippen LogP contribution in [0.5, 0.6) is 5.75 Å². The molecule has 4 aromatic rings. The minimum absolute atomic E-state index is 0.884. The van der Waals surface area contributed by atoms with E-state index >= 15 is 0 Å². The topological polar surface area (TPSA) is 13.1 Å². The van der Waals surface area contributed by atoms with Gasteiger partial charge in [0.25, 0.3) is 0 Å². The lowest BCUT2D eigenvalue weighted by Gasteiger charge is -2.05. The van der Waals surface area contributed by atoms with Gasteiger partial charge in [0.2, 0.25) is 11.2 Å². The largest absolute Gasteiger partial charge is 0.497 e. The first kappa shape index (κ1) is 18.9. The van der Waals surface area contributed by atoms with Crippen LogP contribution < -0.4 is 9.30 Å². The van der Waals surface area contributed by atoms with Crippen LogP contribution in [0.2, 0.25) is 0 Å². The zero-order valence-corrected chi connectivity index (χ0v) is 17.4. The van der Waals surface area contributed by atoms with E-state index in [1.807, 2.05) is 6.07 Å². The van der Waals surface area contributed by atoms with Crippen molar-refractivity contribution in [3.63, 3.8) is 0 Å². The second-order valence-corrected chi connectivity index (χ2v) is 8.05. The number of aromatic nitrogens is 1. The molecule has 0 spiro atoms. The SMILES string of the molecule is COc1ccc2cc(/C=C/c3ccc4ccccc4[n+]3CCSS)ccc2c1. The molecular formula is C24H22NOS2+. The van der Waals surface area contributed by atoms with Crippen molar-refractivity contribution in [1.29, 1.82) is 0 Å². The maximum atomic E-state index is 5.31. The van der Waals surface area contributed by atoms with Gasteiger partial charge < -0.3 is 4.74 Å². The molecule has 28 heavy (non-hydrogen) atoms. The van der Waals surface area contributed by atoms with Crippen molar-refractivity contribution >= 4 is 56.3 Å². The Morgan fingerprint density at radius 3 is 2.54 bits per heavy atom. The summed E-state index contributed by atoms with van der Waals surface area (Å²) in [7, 11) is 3.27. The van der Waals surface area contributed by atoms with Gasteiger partial charge in [-0.3, -0.25) is 0 Å². The third-order valence-electron chi connectivity index (χ3n) is 4.90. The van der Waals surface area contributed by atoms with Crippen molar-refractivity contribution < 1.29 is 9.30 Å². The van der Waals surface area contributed by atoms with Crippen molar-refractivity contribution in [3.05, 3.63) is 84.1 Å². The average Bonchev–Trinajstić information content (AvgIpc) is 2.75. The van der Waals surface area contributed by atoms with E-state index in [1.54, 1.807) is 17.9 Å². The van der Waals surface area contributed by atoms with Crippen LogP contribution in [0.3, 0.4) is 0 Å². The number of rotatable bonds is 6. The molecule has 0 fully saturated rings. The number of thiol groups is 1. The molecule has 3 aromatic carbocycles. The van der Waals surface area contributed by atoms with Crippen molar-refractivity contribution in [3.8, 4) is 5.75 Å². The summed E-state index contributed by atoms with van der Waals surface area (Å²) in [6.45, 7) is 0.923. The highest BCUT2D eigenvalue weighted by Crippen LogP contribution is 2.23. The van der Waals surface area contributed by atoms with Gasteiger partial charge in [0, 0.05) is 23.6 Å². The lowest BCUT2D eigenvalue weighted by atomic mass is 10.1. The molecule has 140 valence electrons. The number of para-hydroxylation sites is 1. The quantitative estimate of drug-likeness (QED) is 0.239. The summed E-state index contributed by atoms with van der Waals surface area (Å²) < 4.78 is 7.68. The summed E-state index contributed by atoms with van der Waals surface area (Å²) in [6.07, 6.45) is 4.37. The molecule has 4 heteroatoms. The van der Waals surface area contributed by atoms with Gasteiger partial charge in [-0.25, -0.2) is 0 Å². The molecule has 4 rings (SSSR count). The van der Waals surface area contributed by atoms with Crippen LogP contribution in [0.25, 0.3) is 33.8 Å². The number of hydrogen-bond donors (Lipinski definition) is 1. The zero-order chi connectivity index (χ0) is 19.3. The fourth-order valence-electron chi connectivity index (χ4n) is 3.46. The summed E-state index contributed by atoms with van der Waals surface area (Å²) in [4.78, 5) is 0. The molecule has 0 bridgehead atoms. The van der Waals surface area contributed by atoms with Crippen LogP contribution in [-0.4, -0.2) is 12.9 Å². The van der Waals surface area contributed by atoms with Crippen molar-refractivity contribution in [1.82, 2.24) is 0 Å². The molecule has 0 unspecified atom stereocenters. The number of aryl methyl sites for hydroxylation is 1. The molecule has 2 nitrogen and oxygen atoms in total. The minimum atomic E-state index is 0.884. The van der Waals surface area contributed by atoms with Gasteiger partial charge in [0.05, 0.1) is 12.9 Å². The molecule has 1 aromatic heterocycles. The van der Waals surface area contributed by atoms with E-state index in [0.717, 1.165) is 18.0 Å². The molecule has 0 atom stereocenters. The first-order valence-electron chi connectivity index (χ1n) is 9.22. The van der Waals surface area contributed by atoms with Gasteiger partial charge in [0.15, 0.2) is 6.54 Å². The maximum absolute atomic E-state index is 5.31. The van der Waals surface area contributed by atoms with Crippen LogP contribution in [0, 0.1) is 0 Å².